The first-order valence-corrected chi connectivity index (χ1v) is 13.8. The first-order valence-electron chi connectivity index (χ1n) is 13.8. The molecule has 0 saturated carbocycles. The molecule has 42 heavy (non-hydrogen) atoms. The average Bonchev–Trinajstić information content (AvgIpc) is 3.61. The van der Waals surface area contributed by atoms with Crippen molar-refractivity contribution in [3.63, 3.8) is 0 Å². The summed E-state index contributed by atoms with van der Waals surface area (Å²) in [5.74, 6) is 0.295. The van der Waals surface area contributed by atoms with Gasteiger partial charge in [-0.2, -0.15) is 10.4 Å². The Morgan fingerprint density at radius 2 is 1.40 bits per heavy atom. The van der Waals surface area contributed by atoms with Crippen molar-refractivity contribution in [2.45, 2.75) is 43.7 Å². The maximum Gasteiger partial charge on any atom is 0.225 e. The summed E-state index contributed by atoms with van der Waals surface area (Å²) in [6, 6.07) is 35.6. The Hall–Kier alpha value is -4.59. The molecule has 0 aliphatic carbocycles. The zero-order valence-electron chi connectivity index (χ0n) is 23.0. The van der Waals surface area contributed by atoms with E-state index < -0.39 is 23.9 Å². The predicted molar refractivity (Wildman–Crippen MR) is 156 cm³/mol. The Kier molecular flexibility index (Phi) is 8.21. The zero-order valence-corrected chi connectivity index (χ0v) is 23.0. The van der Waals surface area contributed by atoms with Crippen molar-refractivity contribution in [2.75, 3.05) is 12.3 Å². The molecule has 2 unspecified atom stereocenters. The van der Waals surface area contributed by atoms with E-state index >= 15 is 0 Å². The molecule has 6 rings (SSSR count). The summed E-state index contributed by atoms with van der Waals surface area (Å²) in [4.78, 5) is 4.10. The Bertz CT molecular complexity index is 1640. The topological polar surface area (TPSA) is 117 Å². The molecule has 3 aromatic carbocycles. The van der Waals surface area contributed by atoms with Gasteiger partial charge in [0.05, 0.1) is 32.1 Å². The van der Waals surface area contributed by atoms with Crippen LogP contribution in [0.25, 0.3) is 5.52 Å². The van der Waals surface area contributed by atoms with Gasteiger partial charge in [-0.25, -0.2) is 9.50 Å². The van der Waals surface area contributed by atoms with Crippen molar-refractivity contribution in [1.82, 2.24) is 14.6 Å². The molecule has 2 N–H and O–H groups in total. The summed E-state index contributed by atoms with van der Waals surface area (Å²) in [7, 11) is 0. The monoisotopic (exact) mass is 561 g/mol. The standard InChI is InChI=1S/C33H31N5O4/c34-22-33(29-17-16-27-32(35)36-23-37-38(27)29)31(41-20-26-14-8-3-9-15-26)30(40-19-25-12-6-2-7-13-25)28(42-33)21-39-18-24-10-4-1-5-11-24/h1-17,23,28,30-31H,18-21H2,(H2,35,36,37)/t28?,30-,31-,33?/m1/s1. The third kappa shape index (κ3) is 5.62. The number of ether oxygens (including phenoxy) is 4. The molecule has 9 heteroatoms. The van der Waals surface area contributed by atoms with Crippen LogP contribution in [-0.2, 0) is 44.4 Å². The summed E-state index contributed by atoms with van der Waals surface area (Å²) >= 11 is 0. The Labute approximate surface area is 244 Å². The molecule has 9 nitrogen and oxygen atoms in total. The maximum absolute atomic E-state index is 10.9. The van der Waals surface area contributed by atoms with Gasteiger partial charge < -0.3 is 24.7 Å². The minimum absolute atomic E-state index is 0.184. The van der Waals surface area contributed by atoms with Crippen LogP contribution in [0.4, 0.5) is 5.82 Å². The van der Waals surface area contributed by atoms with E-state index in [0.29, 0.717) is 30.2 Å². The third-order valence-electron chi connectivity index (χ3n) is 7.38. The first-order chi connectivity index (χ1) is 20.7. The van der Waals surface area contributed by atoms with Gasteiger partial charge in [0.1, 0.15) is 36.2 Å². The number of fused-ring (bicyclic) bond motifs is 1. The van der Waals surface area contributed by atoms with Crippen molar-refractivity contribution in [2.24, 2.45) is 0 Å². The molecule has 1 aliphatic rings. The lowest BCUT2D eigenvalue weighted by Crippen LogP contribution is -2.44. The summed E-state index contributed by atoms with van der Waals surface area (Å²) in [6.45, 7) is 1.13. The molecule has 0 amide bonds. The number of nitriles is 1. The number of hydrogen-bond donors (Lipinski definition) is 1. The van der Waals surface area contributed by atoms with Crippen LogP contribution in [0.2, 0.25) is 0 Å². The second kappa shape index (κ2) is 12.5. The Morgan fingerprint density at radius 1 is 0.810 bits per heavy atom. The van der Waals surface area contributed by atoms with Gasteiger partial charge in [0.2, 0.25) is 5.60 Å². The molecule has 1 fully saturated rings. The molecule has 0 radical (unpaired) electrons. The largest absolute Gasteiger partial charge is 0.382 e. The van der Waals surface area contributed by atoms with E-state index in [1.807, 2.05) is 91.0 Å². The van der Waals surface area contributed by atoms with Crippen LogP contribution < -0.4 is 5.73 Å². The molecule has 0 spiro atoms. The summed E-state index contributed by atoms with van der Waals surface area (Å²) in [5, 5.41) is 15.3. The fraction of sp³-hybridized carbons (Fsp3) is 0.242. The van der Waals surface area contributed by atoms with Gasteiger partial charge in [0.15, 0.2) is 5.82 Å². The first kappa shape index (κ1) is 27.6. The molecule has 1 aliphatic heterocycles. The van der Waals surface area contributed by atoms with Gasteiger partial charge in [-0.15, -0.1) is 0 Å². The van der Waals surface area contributed by atoms with Crippen LogP contribution in [0.3, 0.4) is 0 Å². The highest BCUT2D eigenvalue weighted by Gasteiger charge is 2.60. The van der Waals surface area contributed by atoms with Gasteiger partial charge in [-0.1, -0.05) is 91.0 Å². The van der Waals surface area contributed by atoms with Gasteiger partial charge >= 0.3 is 0 Å². The molecular formula is C33H31N5O4. The SMILES string of the molecule is N#CC1(c2ccc3c(N)ncnn23)OC(COCc2ccccc2)[C@@H](OCc2ccccc2)[C@H]1OCc1ccccc1. The number of anilines is 1. The molecule has 4 atom stereocenters. The number of nitrogen functional groups attached to an aromatic ring is 1. The fourth-order valence-electron chi connectivity index (χ4n) is 5.32. The van der Waals surface area contributed by atoms with Crippen molar-refractivity contribution in [3.8, 4) is 6.07 Å². The minimum atomic E-state index is -1.58. The number of nitrogens with zero attached hydrogens (tertiary/aromatic N) is 4. The molecule has 5 aromatic rings. The molecule has 3 heterocycles. The van der Waals surface area contributed by atoms with Crippen molar-refractivity contribution in [3.05, 3.63) is 132 Å². The molecule has 0 bridgehead atoms. The average molecular weight is 562 g/mol. The van der Waals surface area contributed by atoms with E-state index in [9.17, 15) is 5.26 Å². The number of benzene rings is 3. The minimum Gasteiger partial charge on any atom is -0.382 e. The van der Waals surface area contributed by atoms with E-state index in [1.165, 1.54) is 6.33 Å². The van der Waals surface area contributed by atoms with E-state index in [4.69, 9.17) is 24.7 Å². The van der Waals surface area contributed by atoms with Crippen molar-refractivity contribution < 1.29 is 18.9 Å². The number of hydrogen-bond acceptors (Lipinski definition) is 8. The molecule has 212 valence electrons. The van der Waals surface area contributed by atoms with Gasteiger partial charge in [0.25, 0.3) is 0 Å². The second-order valence-electron chi connectivity index (χ2n) is 10.1. The molecular weight excluding hydrogens is 530 g/mol. The normalized spacial score (nSPS) is 21.8. The van der Waals surface area contributed by atoms with Gasteiger partial charge in [-0.05, 0) is 28.8 Å². The molecule has 1 saturated heterocycles. The summed E-state index contributed by atoms with van der Waals surface area (Å²) in [5.41, 5.74) is 8.59. The van der Waals surface area contributed by atoms with Crippen LogP contribution >= 0.6 is 0 Å². The maximum atomic E-state index is 10.9. The summed E-state index contributed by atoms with van der Waals surface area (Å²) in [6.07, 6.45) is -0.738. The lowest BCUT2D eigenvalue weighted by molar-refractivity contribution is -0.0971. The predicted octanol–water partition coefficient (Wildman–Crippen LogP) is 4.82. The lowest BCUT2D eigenvalue weighted by atomic mass is 9.92. The van der Waals surface area contributed by atoms with E-state index in [2.05, 4.69) is 16.2 Å². The van der Waals surface area contributed by atoms with Crippen LogP contribution in [0.15, 0.2) is 109 Å². The zero-order chi connectivity index (χ0) is 28.8. The lowest BCUT2D eigenvalue weighted by Gasteiger charge is -2.29. The second-order valence-corrected chi connectivity index (χ2v) is 10.1. The fourth-order valence-corrected chi connectivity index (χ4v) is 5.32. The van der Waals surface area contributed by atoms with Gasteiger partial charge in [0, 0.05) is 0 Å². The molecule has 2 aromatic heterocycles. The van der Waals surface area contributed by atoms with Crippen LogP contribution in [0.1, 0.15) is 22.4 Å². The van der Waals surface area contributed by atoms with Crippen molar-refractivity contribution >= 4 is 11.3 Å². The number of aromatic nitrogens is 3. The van der Waals surface area contributed by atoms with E-state index in [0.717, 1.165) is 16.7 Å². The van der Waals surface area contributed by atoms with Crippen molar-refractivity contribution in [1.29, 1.82) is 5.26 Å². The number of rotatable bonds is 11. The van der Waals surface area contributed by atoms with E-state index in [-0.39, 0.29) is 13.2 Å². The highest BCUT2D eigenvalue weighted by Crippen LogP contribution is 2.44. The highest BCUT2D eigenvalue weighted by atomic mass is 16.6. The van der Waals surface area contributed by atoms with Crippen LogP contribution in [0, 0.1) is 11.3 Å². The van der Waals surface area contributed by atoms with Gasteiger partial charge in [-0.3, -0.25) is 0 Å². The third-order valence-corrected chi connectivity index (χ3v) is 7.38. The Balaban J connectivity index is 1.37. The van der Waals surface area contributed by atoms with Crippen LogP contribution in [-0.4, -0.2) is 39.5 Å². The number of nitrogens with two attached hydrogens (primary N) is 1. The Morgan fingerprint density at radius 3 is 2.02 bits per heavy atom. The van der Waals surface area contributed by atoms with Crippen LogP contribution in [0.5, 0.6) is 0 Å². The highest BCUT2D eigenvalue weighted by molar-refractivity contribution is 5.66. The quantitative estimate of drug-likeness (QED) is 0.244. The smallest absolute Gasteiger partial charge is 0.225 e. The van der Waals surface area contributed by atoms with E-state index in [1.54, 1.807) is 16.6 Å². The summed E-state index contributed by atoms with van der Waals surface area (Å²) < 4.78 is 27.5.